The highest BCUT2D eigenvalue weighted by molar-refractivity contribution is 5.76. The van der Waals surface area contributed by atoms with Gasteiger partial charge >= 0.3 is 5.97 Å². The molecule has 1 aromatic rings. The van der Waals surface area contributed by atoms with Crippen LogP contribution < -0.4 is 5.73 Å². The smallest absolute Gasteiger partial charge is 0.323 e. The summed E-state index contributed by atoms with van der Waals surface area (Å²) in [5.74, 6) is -0.236. The fourth-order valence-electron chi connectivity index (χ4n) is 4.12. The summed E-state index contributed by atoms with van der Waals surface area (Å²) in [6.45, 7) is 4.51. The van der Waals surface area contributed by atoms with Crippen LogP contribution in [-0.4, -0.2) is 18.1 Å². The van der Waals surface area contributed by atoms with Crippen LogP contribution in [0.5, 0.6) is 0 Å². The zero-order valence-electron chi connectivity index (χ0n) is 20.5. The summed E-state index contributed by atoms with van der Waals surface area (Å²) in [6.07, 6.45) is 20.5. The van der Waals surface area contributed by atoms with E-state index in [1.807, 2.05) is 30.3 Å². The molecule has 0 aliphatic carbocycles. The third-order valence-corrected chi connectivity index (χ3v) is 6.14. The van der Waals surface area contributed by atoms with E-state index in [-0.39, 0.29) is 12.1 Å². The average molecular weight is 432 g/mol. The van der Waals surface area contributed by atoms with Gasteiger partial charge in [-0.15, -0.1) is 0 Å². The number of hydrogen-bond acceptors (Lipinski definition) is 3. The Morgan fingerprint density at radius 3 is 1.68 bits per heavy atom. The van der Waals surface area contributed by atoms with E-state index in [9.17, 15) is 4.79 Å². The van der Waals surface area contributed by atoms with Gasteiger partial charge in [0.25, 0.3) is 0 Å². The first-order valence-electron chi connectivity index (χ1n) is 13.2. The normalized spacial score (nSPS) is 12.3. The largest absolute Gasteiger partial charge is 0.461 e. The molecule has 2 N–H and O–H groups in total. The molecule has 0 spiro atoms. The van der Waals surface area contributed by atoms with Gasteiger partial charge in [-0.3, -0.25) is 4.79 Å². The first-order chi connectivity index (χ1) is 15.2. The first kappa shape index (κ1) is 27.7. The predicted octanol–water partition coefficient (Wildman–Crippen LogP) is 7.75. The van der Waals surface area contributed by atoms with Crippen LogP contribution in [0.1, 0.15) is 122 Å². The van der Waals surface area contributed by atoms with Gasteiger partial charge in [-0.25, -0.2) is 0 Å². The molecule has 3 nitrogen and oxygen atoms in total. The van der Waals surface area contributed by atoms with Gasteiger partial charge in [-0.05, 0) is 37.7 Å². The topological polar surface area (TPSA) is 52.3 Å². The molecule has 3 heteroatoms. The molecule has 0 aliphatic rings. The molecule has 0 saturated carbocycles. The van der Waals surface area contributed by atoms with Crippen molar-refractivity contribution in [3.63, 3.8) is 0 Å². The van der Waals surface area contributed by atoms with E-state index in [0.29, 0.717) is 6.42 Å². The molecular formula is C28H49NO2. The quantitative estimate of drug-likeness (QED) is 0.170. The molecule has 0 saturated heterocycles. The molecule has 31 heavy (non-hydrogen) atoms. The van der Waals surface area contributed by atoms with E-state index in [0.717, 1.165) is 31.2 Å². The Morgan fingerprint density at radius 1 is 0.742 bits per heavy atom. The fraction of sp³-hybridized carbons (Fsp3) is 0.750. The number of hydrogen-bond donors (Lipinski definition) is 1. The summed E-state index contributed by atoms with van der Waals surface area (Å²) in [5, 5.41) is 0. The van der Waals surface area contributed by atoms with Gasteiger partial charge in [0.15, 0.2) is 0 Å². The Labute approximate surface area is 192 Å². The summed E-state index contributed by atoms with van der Waals surface area (Å²) in [5.41, 5.74) is 7.25. The average Bonchev–Trinajstić information content (AvgIpc) is 2.78. The number of esters is 1. The van der Waals surface area contributed by atoms with E-state index in [4.69, 9.17) is 10.5 Å². The minimum Gasteiger partial charge on any atom is -0.461 e. The number of benzene rings is 1. The molecular weight excluding hydrogens is 382 g/mol. The van der Waals surface area contributed by atoms with Crippen molar-refractivity contribution < 1.29 is 9.53 Å². The third-order valence-electron chi connectivity index (χ3n) is 6.14. The Hall–Kier alpha value is -1.35. The Kier molecular flexibility index (Phi) is 17.3. The van der Waals surface area contributed by atoms with Crippen molar-refractivity contribution in [2.24, 2.45) is 5.73 Å². The number of nitrogens with two attached hydrogens (primary N) is 1. The van der Waals surface area contributed by atoms with Crippen LogP contribution in [0.4, 0.5) is 0 Å². The SMILES string of the molecule is CCCCCCCCCC(CCCCCCCCC)OC(=O)[C@@H](N)Cc1ccccc1. The van der Waals surface area contributed by atoms with Crippen LogP contribution in [0.15, 0.2) is 30.3 Å². The molecule has 0 radical (unpaired) electrons. The zero-order valence-corrected chi connectivity index (χ0v) is 20.5. The van der Waals surface area contributed by atoms with Gasteiger partial charge in [0.05, 0.1) is 0 Å². The van der Waals surface area contributed by atoms with Crippen LogP contribution in [0.3, 0.4) is 0 Å². The summed E-state index contributed by atoms with van der Waals surface area (Å²) in [4.78, 5) is 12.6. The highest BCUT2D eigenvalue weighted by atomic mass is 16.5. The van der Waals surface area contributed by atoms with Crippen molar-refractivity contribution in [2.75, 3.05) is 0 Å². The monoisotopic (exact) mass is 431 g/mol. The lowest BCUT2D eigenvalue weighted by Gasteiger charge is -2.20. The number of unbranched alkanes of at least 4 members (excludes halogenated alkanes) is 12. The molecule has 0 bridgehead atoms. The van der Waals surface area contributed by atoms with Gasteiger partial charge in [0, 0.05) is 0 Å². The maximum Gasteiger partial charge on any atom is 0.323 e. The second-order valence-corrected chi connectivity index (χ2v) is 9.18. The van der Waals surface area contributed by atoms with Crippen molar-refractivity contribution in [3.8, 4) is 0 Å². The summed E-state index contributed by atoms with van der Waals surface area (Å²) >= 11 is 0. The minimum atomic E-state index is -0.576. The highest BCUT2D eigenvalue weighted by Crippen LogP contribution is 2.18. The lowest BCUT2D eigenvalue weighted by molar-refractivity contribution is -0.151. The maximum absolute atomic E-state index is 12.6. The Bertz CT molecular complexity index is 513. The van der Waals surface area contributed by atoms with Crippen molar-refractivity contribution in [1.29, 1.82) is 0 Å². The zero-order chi connectivity index (χ0) is 22.6. The minimum absolute atomic E-state index is 0.0283. The molecule has 0 heterocycles. The molecule has 0 amide bonds. The van der Waals surface area contributed by atoms with Crippen molar-refractivity contribution in [3.05, 3.63) is 35.9 Å². The third kappa shape index (κ3) is 15.1. The van der Waals surface area contributed by atoms with E-state index in [1.165, 1.54) is 77.0 Å². The number of rotatable bonds is 20. The van der Waals surface area contributed by atoms with Gasteiger partial charge in [0.2, 0.25) is 0 Å². The maximum atomic E-state index is 12.6. The van der Waals surface area contributed by atoms with E-state index >= 15 is 0 Å². The Balaban J connectivity index is 2.37. The van der Waals surface area contributed by atoms with Gasteiger partial charge in [0.1, 0.15) is 12.1 Å². The van der Waals surface area contributed by atoms with Crippen molar-refractivity contribution >= 4 is 5.97 Å². The van der Waals surface area contributed by atoms with Gasteiger partial charge in [-0.1, -0.05) is 121 Å². The first-order valence-corrected chi connectivity index (χ1v) is 13.2. The lowest BCUT2D eigenvalue weighted by Crippen LogP contribution is -2.36. The molecule has 0 unspecified atom stereocenters. The highest BCUT2D eigenvalue weighted by Gasteiger charge is 2.20. The molecule has 0 fully saturated rings. The number of carbonyl (C=O) groups excluding carboxylic acids is 1. The molecule has 178 valence electrons. The summed E-state index contributed by atoms with van der Waals surface area (Å²) < 4.78 is 5.91. The lowest BCUT2D eigenvalue weighted by atomic mass is 10.0. The fourth-order valence-corrected chi connectivity index (χ4v) is 4.12. The van der Waals surface area contributed by atoms with Crippen LogP contribution in [-0.2, 0) is 16.0 Å². The van der Waals surface area contributed by atoms with Crippen LogP contribution >= 0.6 is 0 Å². The van der Waals surface area contributed by atoms with Gasteiger partial charge in [-0.2, -0.15) is 0 Å². The predicted molar refractivity (Wildman–Crippen MR) is 133 cm³/mol. The van der Waals surface area contributed by atoms with Crippen LogP contribution in [0.2, 0.25) is 0 Å². The molecule has 0 aromatic heterocycles. The number of ether oxygens (including phenoxy) is 1. The standard InChI is InChI=1S/C28H49NO2/c1-3-5-7-9-11-13-18-22-26(23-19-14-12-10-8-6-4-2)31-28(30)27(29)24-25-20-16-15-17-21-25/h15-17,20-21,26-27H,3-14,18-19,22-24,29H2,1-2H3/t27-/m0/s1. The van der Waals surface area contributed by atoms with Gasteiger partial charge < -0.3 is 10.5 Å². The van der Waals surface area contributed by atoms with E-state index in [2.05, 4.69) is 13.8 Å². The molecule has 1 aromatic carbocycles. The summed E-state index contributed by atoms with van der Waals surface area (Å²) in [6, 6.07) is 9.40. The van der Waals surface area contributed by atoms with Crippen LogP contribution in [0, 0.1) is 0 Å². The number of carbonyl (C=O) groups is 1. The van der Waals surface area contributed by atoms with E-state index < -0.39 is 6.04 Å². The second kappa shape index (κ2) is 19.3. The van der Waals surface area contributed by atoms with Crippen LogP contribution in [0.25, 0.3) is 0 Å². The van der Waals surface area contributed by atoms with Crippen molar-refractivity contribution in [2.45, 2.75) is 135 Å². The molecule has 1 atom stereocenters. The van der Waals surface area contributed by atoms with Crippen molar-refractivity contribution in [1.82, 2.24) is 0 Å². The van der Waals surface area contributed by atoms with E-state index in [1.54, 1.807) is 0 Å². The summed E-state index contributed by atoms with van der Waals surface area (Å²) in [7, 11) is 0. The molecule has 1 rings (SSSR count). The Morgan fingerprint density at radius 2 is 1.19 bits per heavy atom. The molecule has 0 aliphatic heterocycles. The second-order valence-electron chi connectivity index (χ2n) is 9.18.